The smallest absolute Gasteiger partial charge is 0.222 e. The molecule has 0 unspecified atom stereocenters. The number of benzene rings is 1. The molecule has 5 heteroatoms. The fourth-order valence-corrected chi connectivity index (χ4v) is 1.72. The number of nitrogens with one attached hydrogen (secondary N) is 1. The molecule has 0 aliphatic heterocycles. The summed E-state index contributed by atoms with van der Waals surface area (Å²) in [6.07, 6.45) is 0. The molecule has 3 aromatic rings. The normalized spacial score (nSPS) is 11.1. The van der Waals surface area contributed by atoms with Crippen LogP contribution in [0.15, 0.2) is 28.8 Å². The van der Waals surface area contributed by atoms with E-state index in [1.165, 1.54) is 0 Å². The molecule has 0 bridgehead atoms. The number of H-pyrrole nitrogens is 1. The molecule has 1 aromatic carbocycles. The highest BCUT2D eigenvalue weighted by Gasteiger charge is 2.07. The first-order valence-electron chi connectivity index (χ1n) is 4.91. The van der Waals surface area contributed by atoms with Gasteiger partial charge < -0.3 is 10.3 Å². The lowest BCUT2D eigenvalue weighted by Gasteiger charge is -1.95. The Balaban J connectivity index is 2.21. The van der Waals surface area contributed by atoms with Gasteiger partial charge in [-0.25, -0.2) is 0 Å². The van der Waals surface area contributed by atoms with Gasteiger partial charge in [-0.2, -0.15) is 5.10 Å². The van der Waals surface area contributed by atoms with E-state index in [-0.39, 0.29) is 0 Å². The summed E-state index contributed by atoms with van der Waals surface area (Å²) in [4.78, 5) is 0. The van der Waals surface area contributed by atoms with Crippen molar-refractivity contribution in [3.63, 3.8) is 0 Å². The van der Waals surface area contributed by atoms with Gasteiger partial charge in [0.1, 0.15) is 5.69 Å². The first kappa shape index (κ1) is 8.96. The summed E-state index contributed by atoms with van der Waals surface area (Å²) in [5, 5.41) is 12.1. The van der Waals surface area contributed by atoms with Crippen LogP contribution in [0.3, 0.4) is 0 Å². The van der Waals surface area contributed by atoms with Crippen LogP contribution in [0.2, 0.25) is 0 Å². The van der Waals surface area contributed by atoms with Crippen LogP contribution < -0.4 is 5.73 Å². The standard InChI is InChI=1S/C11H10N4O/c1-6-8-4-7(2-3-9(8)14-13-6)10-5-11(12)16-15-10/h2-5H,12H2,1H3,(H,13,14). The SMILES string of the molecule is Cc1[nH]nc2ccc(-c3cc(N)on3)cc12. The summed E-state index contributed by atoms with van der Waals surface area (Å²) in [7, 11) is 0. The van der Waals surface area contributed by atoms with Crippen molar-refractivity contribution in [1.29, 1.82) is 0 Å². The molecular formula is C11H10N4O. The lowest BCUT2D eigenvalue weighted by molar-refractivity contribution is 0.439. The van der Waals surface area contributed by atoms with Crippen molar-refractivity contribution in [2.24, 2.45) is 0 Å². The van der Waals surface area contributed by atoms with Gasteiger partial charge in [0.25, 0.3) is 0 Å². The molecule has 0 aliphatic rings. The van der Waals surface area contributed by atoms with E-state index in [1.54, 1.807) is 6.07 Å². The second-order valence-corrected chi connectivity index (χ2v) is 3.70. The van der Waals surface area contributed by atoms with E-state index in [9.17, 15) is 0 Å². The summed E-state index contributed by atoms with van der Waals surface area (Å²) >= 11 is 0. The van der Waals surface area contributed by atoms with Gasteiger partial charge in [-0.3, -0.25) is 5.10 Å². The molecule has 0 amide bonds. The second kappa shape index (κ2) is 3.10. The number of anilines is 1. The highest BCUT2D eigenvalue weighted by molar-refractivity contribution is 5.85. The van der Waals surface area contributed by atoms with Crippen molar-refractivity contribution in [3.8, 4) is 11.3 Å². The average molecular weight is 214 g/mol. The number of fused-ring (bicyclic) bond motifs is 1. The molecular weight excluding hydrogens is 204 g/mol. The van der Waals surface area contributed by atoms with Crippen molar-refractivity contribution in [1.82, 2.24) is 15.4 Å². The Labute approximate surface area is 91.2 Å². The fraction of sp³-hybridized carbons (Fsp3) is 0.0909. The zero-order valence-corrected chi connectivity index (χ0v) is 8.69. The van der Waals surface area contributed by atoms with Crippen LogP contribution in [-0.4, -0.2) is 15.4 Å². The highest BCUT2D eigenvalue weighted by atomic mass is 16.5. The zero-order chi connectivity index (χ0) is 11.1. The lowest BCUT2D eigenvalue weighted by Crippen LogP contribution is -1.78. The Morgan fingerprint density at radius 3 is 2.94 bits per heavy atom. The monoisotopic (exact) mass is 214 g/mol. The Kier molecular flexibility index (Phi) is 1.73. The number of hydrogen-bond donors (Lipinski definition) is 2. The van der Waals surface area contributed by atoms with E-state index in [0.29, 0.717) is 5.88 Å². The number of aryl methyl sites for hydroxylation is 1. The van der Waals surface area contributed by atoms with Crippen molar-refractivity contribution >= 4 is 16.8 Å². The molecule has 0 fully saturated rings. The van der Waals surface area contributed by atoms with Gasteiger partial charge in [0.2, 0.25) is 5.88 Å². The molecule has 0 spiro atoms. The topological polar surface area (TPSA) is 80.7 Å². The van der Waals surface area contributed by atoms with Gasteiger partial charge in [-0.1, -0.05) is 11.2 Å². The predicted molar refractivity (Wildman–Crippen MR) is 60.7 cm³/mol. The van der Waals surface area contributed by atoms with Gasteiger partial charge >= 0.3 is 0 Å². The van der Waals surface area contributed by atoms with E-state index in [2.05, 4.69) is 15.4 Å². The zero-order valence-electron chi connectivity index (χ0n) is 8.69. The Bertz CT molecular complexity index is 653. The van der Waals surface area contributed by atoms with Gasteiger partial charge in [0.05, 0.1) is 5.52 Å². The minimum absolute atomic E-state index is 0.319. The molecule has 0 saturated heterocycles. The Hall–Kier alpha value is -2.30. The molecule has 0 radical (unpaired) electrons. The van der Waals surface area contributed by atoms with Crippen molar-refractivity contribution in [2.75, 3.05) is 5.73 Å². The number of nitrogen functional groups attached to an aromatic ring is 1. The van der Waals surface area contributed by atoms with E-state index >= 15 is 0 Å². The second-order valence-electron chi connectivity index (χ2n) is 3.70. The van der Waals surface area contributed by atoms with Gasteiger partial charge in [0, 0.05) is 22.7 Å². The third-order valence-electron chi connectivity index (χ3n) is 2.57. The number of aromatic nitrogens is 3. The van der Waals surface area contributed by atoms with Crippen LogP contribution in [0.1, 0.15) is 5.69 Å². The van der Waals surface area contributed by atoms with Crippen LogP contribution in [0.25, 0.3) is 22.2 Å². The molecule has 0 aliphatic carbocycles. The van der Waals surface area contributed by atoms with Crippen LogP contribution in [0, 0.1) is 6.92 Å². The van der Waals surface area contributed by atoms with Gasteiger partial charge in [-0.15, -0.1) is 0 Å². The summed E-state index contributed by atoms with van der Waals surface area (Å²) in [5.41, 5.74) is 9.17. The molecule has 0 saturated carbocycles. The largest absolute Gasteiger partial charge is 0.368 e. The third-order valence-corrected chi connectivity index (χ3v) is 2.57. The number of hydrogen-bond acceptors (Lipinski definition) is 4. The van der Waals surface area contributed by atoms with Crippen LogP contribution in [0.5, 0.6) is 0 Å². The molecule has 5 nitrogen and oxygen atoms in total. The summed E-state index contributed by atoms with van der Waals surface area (Å²) in [5.74, 6) is 0.319. The van der Waals surface area contributed by atoms with Crippen LogP contribution >= 0.6 is 0 Å². The third kappa shape index (κ3) is 1.25. The average Bonchev–Trinajstić information content (AvgIpc) is 2.86. The van der Waals surface area contributed by atoms with Gasteiger partial charge in [-0.05, 0) is 19.1 Å². The maximum atomic E-state index is 5.49. The summed E-state index contributed by atoms with van der Waals surface area (Å²) in [6, 6.07) is 7.61. The highest BCUT2D eigenvalue weighted by Crippen LogP contribution is 2.25. The molecule has 0 atom stereocenters. The molecule has 2 aromatic heterocycles. The first-order valence-corrected chi connectivity index (χ1v) is 4.91. The minimum Gasteiger partial charge on any atom is -0.368 e. The van der Waals surface area contributed by atoms with E-state index in [1.807, 2.05) is 25.1 Å². The summed E-state index contributed by atoms with van der Waals surface area (Å²) < 4.78 is 4.85. The maximum Gasteiger partial charge on any atom is 0.222 e. The van der Waals surface area contributed by atoms with Crippen molar-refractivity contribution in [3.05, 3.63) is 30.0 Å². The number of nitrogens with two attached hydrogens (primary N) is 1. The first-order chi connectivity index (χ1) is 7.74. The summed E-state index contributed by atoms with van der Waals surface area (Å²) in [6.45, 7) is 1.98. The van der Waals surface area contributed by atoms with Crippen LogP contribution in [-0.2, 0) is 0 Å². The van der Waals surface area contributed by atoms with Gasteiger partial charge in [0.15, 0.2) is 0 Å². The quantitative estimate of drug-likeness (QED) is 0.650. The van der Waals surface area contributed by atoms with E-state index < -0.39 is 0 Å². The van der Waals surface area contributed by atoms with E-state index in [0.717, 1.165) is 27.9 Å². The Morgan fingerprint density at radius 1 is 1.31 bits per heavy atom. The molecule has 3 rings (SSSR count). The fourth-order valence-electron chi connectivity index (χ4n) is 1.72. The van der Waals surface area contributed by atoms with Crippen molar-refractivity contribution < 1.29 is 4.52 Å². The number of rotatable bonds is 1. The maximum absolute atomic E-state index is 5.49. The molecule has 2 heterocycles. The van der Waals surface area contributed by atoms with E-state index in [4.69, 9.17) is 10.3 Å². The Morgan fingerprint density at radius 2 is 2.19 bits per heavy atom. The molecule has 16 heavy (non-hydrogen) atoms. The number of nitrogens with zero attached hydrogens (tertiary/aromatic N) is 2. The molecule has 80 valence electrons. The van der Waals surface area contributed by atoms with Crippen LogP contribution in [0.4, 0.5) is 5.88 Å². The predicted octanol–water partition coefficient (Wildman–Crippen LogP) is 2.11. The molecule has 3 N–H and O–H groups in total. The number of aromatic amines is 1. The minimum atomic E-state index is 0.319. The lowest BCUT2D eigenvalue weighted by atomic mass is 10.1. The van der Waals surface area contributed by atoms with Crippen molar-refractivity contribution in [2.45, 2.75) is 6.92 Å².